The van der Waals surface area contributed by atoms with Crippen molar-refractivity contribution in [2.45, 2.75) is 52.0 Å². The van der Waals surface area contributed by atoms with E-state index >= 15 is 0 Å². The topological polar surface area (TPSA) is 55.3 Å². The molecule has 166 valence electrons. The highest BCUT2D eigenvalue weighted by Crippen LogP contribution is 2.61. The van der Waals surface area contributed by atoms with E-state index in [0.717, 1.165) is 63.8 Å². The number of amides is 1. The second-order valence-electron chi connectivity index (χ2n) is 9.97. The van der Waals surface area contributed by atoms with Crippen molar-refractivity contribution < 1.29 is 9.53 Å². The van der Waals surface area contributed by atoms with Gasteiger partial charge in [-0.15, -0.1) is 0 Å². The van der Waals surface area contributed by atoms with E-state index in [1.54, 1.807) is 17.5 Å². The number of pyridine rings is 1. The number of rotatable bonds is 6. The highest BCUT2D eigenvalue weighted by molar-refractivity contribution is 7.22. The summed E-state index contributed by atoms with van der Waals surface area (Å²) in [6.07, 6.45) is 8.94. The second-order valence-corrected chi connectivity index (χ2v) is 11.0. The number of benzene rings is 1. The third kappa shape index (κ3) is 3.49. The van der Waals surface area contributed by atoms with Gasteiger partial charge >= 0.3 is 0 Å². The van der Waals surface area contributed by atoms with E-state index in [9.17, 15) is 4.79 Å². The molecule has 0 atom stereocenters. The number of fused-ring (bicyclic) bond motifs is 1. The summed E-state index contributed by atoms with van der Waals surface area (Å²) < 4.78 is 6.73. The van der Waals surface area contributed by atoms with Crippen LogP contribution in [-0.2, 0) is 11.3 Å². The van der Waals surface area contributed by atoms with Crippen LogP contribution in [0.25, 0.3) is 10.2 Å². The highest BCUT2D eigenvalue weighted by atomic mass is 32.1. The molecule has 7 rings (SSSR count). The first-order valence-electron chi connectivity index (χ1n) is 11.9. The van der Waals surface area contributed by atoms with Crippen LogP contribution in [0.3, 0.4) is 0 Å². The van der Waals surface area contributed by atoms with Crippen molar-refractivity contribution in [3.63, 3.8) is 0 Å². The van der Waals surface area contributed by atoms with Crippen molar-refractivity contribution in [3.8, 4) is 5.75 Å². The largest absolute Gasteiger partial charge is 0.494 e. The molecule has 4 saturated carbocycles. The second kappa shape index (κ2) is 7.84. The molecule has 1 aromatic carbocycles. The maximum absolute atomic E-state index is 14.3. The van der Waals surface area contributed by atoms with E-state index in [-0.39, 0.29) is 11.3 Å². The van der Waals surface area contributed by atoms with Crippen LogP contribution in [0.15, 0.2) is 42.6 Å². The minimum Gasteiger partial charge on any atom is -0.494 e. The van der Waals surface area contributed by atoms with Crippen molar-refractivity contribution in [2.24, 2.45) is 23.2 Å². The van der Waals surface area contributed by atoms with E-state index in [0.29, 0.717) is 13.2 Å². The Kier molecular flexibility index (Phi) is 4.94. The molecule has 3 aromatic rings. The van der Waals surface area contributed by atoms with Gasteiger partial charge in [0.2, 0.25) is 5.91 Å². The number of ether oxygens (including phenoxy) is 1. The first-order chi connectivity index (χ1) is 15.6. The number of nitrogens with zero attached hydrogens (tertiary/aromatic N) is 3. The molecule has 0 radical (unpaired) electrons. The Balaban J connectivity index is 1.38. The fourth-order valence-corrected chi connectivity index (χ4v) is 7.80. The molecule has 4 bridgehead atoms. The normalized spacial score (nSPS) is 28.2. The van der Waals surface area contributed by atoms with Crippen LogP contribution in [0.5, 0.6) is 5.75 Å². The fourth-order valence-electron chi connectivity index (χ4n) is 6.80. The van der Waals surface area contributed by atoms with Crippen molar-refractivity contribution in [1.29, 1.82) is 0 Å². The number of carbonyl (C=O) groups is 1. The zero-order valence-electron chi connectivity index (χ0n) is 18.5. The Bertz CT molecular complexity index is 1110. The molecule has 2 heterocycles. The van der Waals surface area contributed by atoms with Gasteiger partial charge in [0.15, 0.2) is 5.13 Å². The predicted molar refractivity (Wildman–Crippen MR) is 127 cm³/mol. The number of hydrogen-bond donors (Lipinski definition) is 0. The molecule has 0 spiro atoms. The SMILES string of the molecule is CCOc1ccc2nc(N(Cc3ccccn3)C(=O)C34CC5CC(CC(C5)C3)C4)sc2c1. The molecule has 5 nitrogen and oxygen atoms in total. The Morgan fingerprint density at radius 3 is 2.53 bits per heavy atom. The van der Waals surface area contributed by atoms with Crippen LogP contribution in [0.2, 0.25) is 0 Å². The van der Waals surface area contributed by atoms with Gasteiger partial charge in [0.1, 0.15) is 5.75 Å². The van der Waals surface area contributed by atoms with Gasteiger partial charge in [0.25, 0.3) is 0 Å². The summed E-state index contributed by atoms with van der Waals surface area (Å²) in [6, 6.07) is 11.9. The molecule has 4 aliphatic carbocycles. The molecule has 4 fully saturated rings. The zero-order valence-corrected chi connectivity index (χ0v) is 19.3. The van der Waals surface area contributed by atoms with Gasteiger partial charge in [-0.05, 0) is 93.5 Å². The van der Waals surface area contributed by atoms with Crippen molar-refractivity contribution in [2.75, 3.05) is 11.5 Å². The molecule has 1 amide bonds. The summed E-state index contributed by atoms with van der Waals surface area (Å²) in [5, 5.41) is 0.778. The van der Waals surface area contributed by atoms with E-state index in [1.807, 2.05) is 48.2 Å². The average molecular weight is 448 g/mol. The van der Waals surface area contributed by atoms with E-state index < -0.39 is 0 Å². The molecule has 0 unspecified atom stereocenters. The van der Waals surface area contributed by atoms with Gasteiger partial charge < -0.3 is 4.74 Å². The Morgan fingerprint density at radius 2 is 1.88 bits per heavy atom. The minimum atomic E-state index is -0.210. The molecular weight excluding hydrogens is 418 g/mol. The highest BCUT2D eigenvalue weighted by Gasteiger charge is 2.56. The molecule has 0 aliphatic heterocycles. The number of aromatic nitrogens is 2. The maximum atomic E-state index is 14.3. The summed E-state index contributed by atoms with van der Waals surface area (Å²) in [4.78, 5) is 25.7. The van der Waals surface area contributed by atoms with Crippen molar-refractivity contribution >= 4 is 32.6 Å². The maximum Gasteiger partial charge on any atom is 0.235 e. The van der Waals surface area contributed by atoms with Crippen molar-refractivity contribution in [3.05, 3.63) is 48.3 Å². The molecule has 0 N–H and O–H groups in total. The van der Waals surface area contributed by atoms with Gasteiger partial charge in [-0.3, -0.25) is 14.7 Å². The van der Waals surface area contributed by atoms with Gasteiger partial charge in [0.05, 0.1) is 34.5 Å². The summed E-state index contributed by atoms with van der Waals surface area (Å²) in [6.45, 7) is 3.09. The summed E-state index contributed by atoms with van der Waals surface area (Å²) in [7, 11) is 0. The molecule has 0 saturated heterocycles. The quantitative estimate of drug-likeness (QED) is 0.476. The fraction of sp³-hybridized carbons (Fsp3) is 0.500. The Morgan fingerprint density at radius 1 is 1.12 bits per heavy atom. The Hall–Kier alpha value is -2.47. The van der Waals surface area contributed by atoms with Crippen molar-refractivity contribution in [1.82, 2.24) is 9.97 Å². The van der Waals surface area contributed by atoms with Crippen LogP contribution in [-0.4, -0.2) is 22.5 Å². The minimum absolute atomic E-state index is 0.210. The number of anilines is 1. The van der Waals surface area contributed by atoms with E-state index in [4.69, 9.17) is 9.72 Å². The monoisotopic (exact) mass is 447 g/mol. The summed E-state index contributed by atoms with van der Waals surface area (Å²) >= 11 is 1.58. The summed E-state index contributed by atoms with van der Waals surface area (Å²) in [5.41, 5.74) is 1.61. The van der Waals surface area contributed by atoms with Gasteiger partial charge in [-0.25, -0.2) is 4.98 Å². The van der Waals surface area contributed by atoms with Crippen LogP contribution in [0, 0.1) is 23.2 Å². The number of carbonyl (C=O) groups excluding carboxylic acids is 1. The average Bonchev–Trinajstić information content (AvgIpc) is 3.20. The lowest BCUT2D eigenvalue weighted by Gasteiger charge is -2.56. The molecule has 32 heavy (non-hydrogen) atoms. The van der Waals surface area contributed by atoms with Gasteiger partial charge in [-0.2, -0.15) is 0 Å². The Labute approximate surface area is 192 Å². The van der Waals surface area contributed by atoms with Crippen LogP contribution < -0.4 is 9.64 Å². The van der Waals surface area contributed by atoms with E-state index in [1.165, 1.54) is 19.3 Å². The third-order valence-electron chi connectivity index (χ3n) is 7.67. The number of hydrogen-bond acceptors (Lipinski definition) is 5. The lowest BCUT2D eigenvalue weighted by Crippen LogP contribution is -2.54. The van der Waals surface area contributed by atoms with Gasteiger partial charge in [-0.1, -0.05) is 17.4 Å². The lowest BCUT2D eigenvalue weighted by molar-refractivity contribution is -0.143. The molecule has 6 heteroatoms. The lowest BCUT2D eigenvalue weighted by atomic mass is 9.49. The van der Waals surface area contributed by atoms with E-state index in [2.05, 4.69) is 4.98 Å². The molecule has 4 aliphatic rings. The standard InChI is InChI=1S/C26H29N3O2S/c1-2-31-21-6-7-22-23(12-21)32-25(28-22)29(16-20-5-3-4-8-27-20)24(30)26-13-17-9-18(14-26)11-19(10-17)15-26/h3-8,12,17-19H,2,9-11,13-16H2,1H3. The predicted octanol–water partition coefficient (Wildman–Crippen LogP) is 5.84. The summed E-state index contributed by atoms with van der Waals surface area (Å²) in [5.74, 6) is 3.30. The van der Waals surface area contributed by atoms with Crippen LogP contribution >= 0.6 is 11.3 Å². The van der Waals surface area contributed by atoms with Crippen LogP contribution in [0.4, 0.5) is 5.13 Å². The first kappa shape index (κ1) is 20.2. The zero-order chi connectivity index (χ0) is 21.7. The molecule has 2 aromatic heterocycles. The third-order valence-corrected chi connectivity index (χ3v) is 8.71. The smallest absolute Gasteiger partial charge is 0.235 e. The van der Waals surface area contributed by atoms with Gasteiger partial charge in [0, 0.05) is 6.20 Å². The van der Waals surface area contributed by atoms with Crippen LogP contribution in [0.1, 0.15) is 51.1 Å². The molecular formula is C26H29N3O2S. The number of thiazole rings is 1. The first-order valence-corrected chi connectivity index (χ1v) is 12.7.